The van der Waals surface area contributed by atoms with Gasteiger partial charge in [0.1, 0.15) is 26.4 Å². The first kappa shape index (κ1) is 37.9. The van der Waals surface area contributed by atoms with Crippen LogP contribution >= 0.6 is 0 Å². The van der Waals surface area contributed by atoms with Crippen molar-refractivity contribution in [2.45, 2.75) is 52.4 Å². The lowest BCUT2D eigenvalue weighted by atomic mass is 9.87. The molecule has 0 N–H and O–H groups in total. The fraction of sp³-hybridized carbons (Fsp3) is 0.667. The second kappa shape index (κ2) is 20.6. The highest BCUT2D eigenvalue weighted by Gasteiger charge is 2.18. The summed E-state index contributed by atoms with van der Waals surface area (Å²) in [6, 6.07) is 12.1. The maximum absolute atomic E-state index is 6.06. The minimum Gasteiger partial charge on any atom is -0.487 e. The SMILES string of the molecule is CC(C)(C)c1ccc2c(c1)OCCOCCOCCOCCOc1cc(C(C)(C)C)ccc1OCCOCCOCCOCCO2. The van der Waals surface area contributed by atoms with E-state index in [0.29, 0.717) is 129 Å². The van der Waals surface area contributed by atoms with E-state index in [0.717, 1.165) is 0 Å². The van der Waals surface area contributed by atoms with Crippen molar-refractivity contribution in [3.8, 4) is 23.0 Å². The molecule has 0 bridgehead atoms. The third-order valence-electron chi connectivity index (χ3n) is 7.05. The monoisotopic (exact) mass is 648 g/mol. The predicted molar refractivity (Wildman–Crippen MR) is 177 cm³/mol. The molecule has 0 saturated carbocycles. The first-order valence-corrected chi connectivity index (χ1v) is 16.4. The Morgan fingerprint density at radius 1 is 0.326 bits per heavy atom. The number of rotatable bonds is 0. The summed E-state index contributed by atoms with van der Waals surface area (Å²) in [5, 5.41) is 0. The molecule has 0 radical (unpaired) electrons. The zero-order chi connectivity index (χ0) is 33.1. The van der Waals surface area contributed by atoms with E-state index in [4.69, 9.17) is 47.4 Å². The summed E-state index contributed by atoms with van der Waals surface area (Å²) >= 11 is 0. The topological polar surface area (TPSA) is 92.3 Å². The number of ether oxygens (including phenoxy) is 10. The highest BCUT2D eigenvalue weighted by atomic mass is 16.6. The molecule has 0 amide bonds. The predicted octanol–water partition coefficient (Wildman–Crippen LogP) is 5.61. The Kier molecular flexibility index (Phi) is 16.9. The van der Waals surface area contributed by atoms with Crippen molar-refractivity contribution < 1.29 is 47.4 Å². The van der Waals surface area contributed by atoms with Gasteiger partial charge in [-0.2, -0.15) is 0 Å². The number of fused-ring (bicyclic) bond motifs is 2. The molecule has 1 heterocycles. The molecule has 0 atom stereocenters. The average molecular weight is 649 g/mol. The lowest BCUT2D eigenvalue weighted by Crippen LogP contribution is -2.16. The Balaban J connectivity index is 1.49. The maximum atomic E-state index is 6.06. The molecular weight excluding hydrogens is 592 g/mol. The van der Waals surface area contributed by atoms with Crippen LogP contribution in [0.1, 0.15) is 52.7 Å². The summed E-state index contributed by atoms with van der Waals surface area (Å²) in [7, 11) is 0. The van der Waals surface area contributed by atoms with Gasteiger partial charge in [-0.3, -0.25) is 0 Å². The third kappa shape index (κ3) is 14.9. The van der Waals surface area contributed by atoms with Crippen LogP contribution < -0.4 is 18.9 Å². The first-order valence-electron chi connectivity index (χ1n) is 16.4. The highest BCUT2D eigenvalue weighted by Crippen LogP contribution is 2.34. The average Bonchev–Trinajstić information content (AvgIpc) is 3.01. The van der Waals surface area contributed by atoms with Crippen LogP contribution in [0.25, 0.3) is 0 Å². The van der Waals surface area contributed by atoms with Crippen molar-refractivity contribution >= 4 is 0 Å². The molecule has 0 aliphatic carbocycles. The molecule has 2 aromatic carbocycles. The molecule has 10 heteroatoms. The zero-order valence-corrected chi connectivity index (χ0v) is 28.9. The van der Waals surface area contributed by atoms with Gasteiger partial charge in [0, 0.05) is 0 Å². The van der Waals surface area contributed by atoms with E-state index in [2.05, 4.69) is 53.7 Å². The van der Waals surface area contributed by atoms with Gasteiger partial charge in [-0.15, -0.1) is 0 Å². The van der Waals surface area contributed by atoms with Gasteiger partial charge in [0.05, 0.1) is 79.3 Å². The summed E-state index contributed by atoms with van der Waals surface area (Å²) in [6.45, 7) is 20.2. The van der Waals surface area contributed by atoms with Crippen molar-refractivity contribution in [2.24, 2.45) is 0 Å². The molecule has 0 saturated heterocycles. The highest BCUT2D eigenvalue weighted by molar-refractivity contribution is 5.45. The van der Waals surface area contributed by atoms with E-state index < -0.39 is 0 Å². The van der Waals surface area contributed by atoms with Crippen molar-refractivity contribution in [2.75, 3.05) is 106 Å². The second-order valence-electron chi connectivity index (χ2n) is 12.9. The molecule has 1 aliphatic rings. The van der Waals surface area contributed by atoms with Gasteiger partial charge < -0.3 is 47.4 Å². The van der Waals surface area contributed by atoms with Crippen molar-refractivity contribution in [1.29, 1.82) is 0 Å². The molecule has 46 heavy (non-hydrogen) atoms. The zero-order valence-electron chi connectivity index (χ0n) is 28.9. The van der Waals surface area contributed by atoms with Gasteiger partial charge in [0.15, 0.2) is 23.0 Å². The number of hydrogen-bond donors (Lipinski definition) is 0. The molecule has 260 valence electrons. The van der Waals surface area contributed by atoms with Crippen molar-refractivity contribution in [3.63, 3.8) is 0 Å². The van der Waals surface area contributed by atoms with Gasteiger partial charge in [-0.05, 0) is 46.2 Å². The summed E-state index contributed by atoms with van der Waals surface area (Å²) in [6.07, 6.45) is 0. The van der Waals surface area contributed by atoms with Crippen molar-refractivity contribution in [3.05, 3.63) is 47.5 Å². The lowest BCUT2D eigenvalue weighted by molar-refractivity contribution is 0.00247. The Labute approximate surface area is 275 Å². The van der Waals surface area contributed by atoms with Gasteiger partial charge in [0.25, 0.3) is 0 Å². The molecule has 0 unspecified atom stereocenters. The molecule has 0 fully saturated rings. The van der Waals surface area contributed by atoms with Gasteiger partial charge in [-0.25, -0.2) is 0 Å². The molecule has 10 nitrogen and oxygen atoms in total. The van der Waals surface area contributed by atoms with Crippen LogP contribution in [0.4, 0.5) is 0 Å². The molecule has 2 aromatic rings. The van der Waals surface area contributed by atoms with E-state index in [9.17, 15) is 0 Å². The smallest absolute Gasteiger partial charge is 0.161 e. The standard InChI is InChI=1S/C36H56O10/c1-35(2,3)29-7-9-31-33(27-29)45-25-21-41-17-13-38-14-18-42-22-26-46-34-28-30(36(4,5)6)8-10-32(34)44-24-20-40-16-12-37-11-15-39-19-23-43-31/h7-10,27-28H,11-26H2,1-6H3. The molecule has 0 spiro atoms. The van der Waals surface area contributed by atoms with Crippen LogP contribution in [0.2, 0.25) is 0 Å². The van der Waals surface area contributed by atoms with Crippen molar-refractivity contribution in [1.82, 2.24) is 0 Å². The quantitative estimate of drug-likeness (QED) is 0.359. The normalized spacial score (nSPS) is 18.7. The van der Waals surface area contributed by atoms with Crippen LogP contribution in [0.5, 0.6) is 23.0 Å². The van der Waals surface area contributed by atoms with E-state index in [1.54, 1.807) is 0 Å². The van der Waals surface area contributed by atoms with Gasteiger partial charge >= 0.3 is 0 Å². The summed E-state index contributed by atoms with van der Waals surface area (Å²) in [5.41, 5.74) is 2.31. The number of hydrogen-bond acceptors (Lipinski definition) is 10. The fourth-order valence-corrected chi connectivity index (χ4v) is 4.34. The summed E-state index contributed by atoms with van der Waals surface area (Å²) in [5.74, 6) is 2.75. The Bertz CT molecular complexity index is 1020. The second-order valence-corrected chi connectivity index (χ2v) is 12.9. The summed E-state index contributed by atoms with van der Waals surface area (Å²) < 4.78 is 58.2. The summed E-state index contributed by atoms with van der Waals surface area (Å²) in [4.78, 5) is 0. The molecule has 0 aromatic heterocycles. The Hall–Kier alpha value is -2.60. The Morgan fingerprint density at radius 3 is 0.826 bits per heavy atom. The van der Waals surface area contributed by atoms with E-state index in [1.807, 2.05) is 24.3 Å². The van der Waals surface area contributed by atoms with Gasteiger partial charge in [-0.1, -0.05) is 53.7 Å². The van der Waals surface area contributed by atoms with Crippen LogP contribution in [0.15, 0.2) is 36.4 Å². The van der Waals surface area contributed by atoms with E-state index in [1.165, 1.54) is 11.1 Å². The first-order chi connectivity index (χ1) is 22.1. The fourth-order valence-electron chi connectivity index (χ4n) is 4.34. The number of benzene rings is 2. The minimum atomic E-state index is -0.0137. The van der Waals surface area contributed by atoms with Crippen LogP contribution in [0, 0.1) is 0 Å². The minimum absolute atomic E-state index is 0.0137. The van der Waals surface area contributed by atoms with Crippen LogP contribution in [-0.2, 0) is 39.3 Å². The van der Waals surface area contributed by atoms with Gasteiger partial charge in [0.2, 0.25) is 0 Å². The third-order valence-corrected chi connectivity index (χ3v) is 7.05. The Morgan fingerprint density at radius 2 is 0.565 bits per heavy atom. The maximum Gasteiger partial charge on any atom is 0.161 e. The van der Waals surface area contributed by atoms with Crippen LogP contribution in [-0.4, -0.2) is 106 Å². The van der Waals surface area contributed by atoms with E-state index in [-0.39, 0.29) is 10.8 Å². The molecule has 1 aliphatic heterocycles. The van der Waals surface area contributed by atoms with Crippen LogP contribution in [0.3, 0.4) is 0 Å². The van der Waals surface area contributed by atoms with E-state index >= 15 is 0 Å². The molecular formula is C36H56O10. The lowest BCUT2D eigenvalue weighted by Gasteiger charge is -2.21. The largest absolute Gasteiger partial charge is 0.487 e. The molecule has 3 rings (SSSR count).